The van der Waals surface area contributed by atoms with Crippen molar-refractivity contribution in [2.24, 2.45) is 0 Å². The molecule has 2 heterocycles. The minimum absolute atomic E-state index is 0.0334. The van der Waals surface area contributed by atoms with Crippen LogP contribution < -0.4 is 5.32 Å². The summed E-state index contributed by atoms with van der Waals surface area (Å²) in [5, 5.41) is 11.4. The minimum Gasteiger partial charge on any atom is -0.411 e. The standard InChI is InChI=1S/C21H22N4O2S/c1-14(16-9-8-15-5-2-3-6-17(15)11-16)23-19(26)13-28-21-25-24-20(27-21)18-7-4-10-22-12-18/h4,7-12,14H,2-3,5-6,13H2,1H3,(H,23,26)/t14-/m1/s1. The molecule has 0 fully saturated rings. The molecule has 0 unspecified atom stereocenters. The Labute approximate surface area is 168 Å². The lowest BCUT2D eigenvalue weighted by molar-refractivity contribution is -0.119. The molecule has 6 nitrogen and oxygen atoms in total. The quantitative estimate of drug-likeness (QED) is 0.637. The van der Waals surface area contributed by atoms with Crippen LogP contribution in [-0.2, 0) is 17.6 Å². The van der Waals surface area contributed by atoms with E-state index in [0.29, 0.717) is 11.1 Å². The highest BCUT2D eigenvalue weighted by Crippen LogP contribution is 2.25. The van der Waals surface area contributed by atoms with Crippen LogP contribution in [0.2, 0.25) is 0 Å². The minimum atomic E-state index is -0.0589. The van der Waals surface area contributed by atoms with E-state index >= 15 is 0 Å². The van der Waals surface area contributed by atoms with E-state index in [1.165, 1.54) is 35.7 Å². The van der Waals surface area contributed by atoms with Crippen molar-refractivity contribution in [3.63, 3.8) is 0 Å². The molecule has 1 aliphatic rings. The highest BCUT2D eigenvalue weighted by Gasteiger charge is 2.16. The lowest BCUT2D eigenvalue weighted by atomic mass is 9.89. The Morgan fingerprint density at radius 1 is 1.21 bits per heavy atom. The molecule has 3 aromatic rings. The van der Waals surface area contributed by atoms with Crippen molar-refractivity contribution in [2.75, 3.05) is 5.75 Å². The predicted octanol–water partition coefficient (Wildman–Crippen LogP) is 3.98. The second-order valence-electron chi connectivity index (χ2n) is 6.93. The normalized spacial score (nSPS) is 14.3. The molecular weight excluding hydrogens is 372 g/mol. The van der Waals surface area contributed by atoms with E-state index in [-0.39, 0.29) is 17.7 Å². The number of nitrogens with one attached hydrogen (secondary N) is 1. The largest absolute Gasteiger partial charge is 0.411 e. The van der Waals surface area contributed by atoms with Gasteiger partial charge in [-0.1, -0.05) is 30.0 Å². The second kappa shape index (κ2) is 8.56. The average molecular weight is 395 g/mol. The molecular formula is C21H22N4O2S. The molecule has 0 aliphatic heterocycles. The zero-order valence-corrected chi connectivity index (χ0v) is 16.5. The van der Waals surface area contributed by atoms with Crippen molar-refractivity contribution in [3.05, 3.63) is 59.4 Å². The number of rotatable bonds is 6. The van der Waals surface area contributed by atoms with Crippen LogP contribution in [0.15, 0.2) is 52.4 Å². The maximum Gasteiger partial charge on any atom is 0.277 e. The van der Waals surface area contributed by atoms with E-state index in [4.69, 9.17) is 4.42 Å². The molecule has 0 spiro atoms. The summed E-state index contributed by atoms with van der Waals surface area (Å²) in [6.07, 6.45) is 8.17. The van der Waals surface area contributed by atoms with E-state index in [0.717, 1.165) is 24.0 Å². The van der Waals surface area contributed by atoms with E-state index < -0.39 is 0 Å². The van der Waals surface area contributed by atoms with Gasteiger partial charge in [-0.2, -0.15) is 0 Å². The highest BCUT2D eigenvalue weighted by molar-refractivity contribution is 7.99. The van der Waals surface area contributed by atoms with Gasteiger partial charge in [-0.15, -0.1) is 10.2 Å². The summed E-state index contributed by atoms with van der Waals surface area (Å²) in [5.41, 5.74) is 4.78. The third-order valence-corrected chi connectivity index (χ3v) is 5.71. The fourth-order valence-corrected chi connectivity index (χ4v) is 3.96. The zero-order valence-electron chi connectivity index (χ0n) is 15.7. The molecule has 0 bridgehead atoms. The van der Waals surface area contributed by atoms with Gasteiger partial charge in [0.15, 0.2) is 0 Å². The Morgan fingerprint density at radius 2 is 2.07 bits per heavy atom. The molecule has 4 rings (SSSR count). The van der Waals surface area contributed by atoms with Gasteiger partial charge in [0.25, 0.3) is 5.22 Å². The number of benzene rings is 1. The summed E-state index contributed by atoms with van der Waals surface area (Å²) >= 11 is 1.23. The molecule has 0 radical (unpaired) electrons. The molecule has 1 N–H and O–H groups in total. The zero-order chi connectivity index (χ0) is 19.3. The number of pyridine rings is 1. The Bertz CT molecular complexity index is 958. The number of amides is 1. The first-order valence-corrected chi connectivity index (χ1v) is 10.5. The van der Waals surface area contributed by atoms with Gasteiger partial charge in [0, 0.05) is 12.4 Å². The smallest absolute Gasteiger partial charge is 0.277 e. The Kier molecular flexibility index (Phi) is 5.71. The molecule has 2 aromatic heterocycles. The molecule has 144 valence electrons. The van der Waals surface area contributed by atoms with Crippen molar-refractivity contribution < 1.29 is 9.21 Å². The maximum absolute atomic E-state index is 12.3. The van der Waals surface area contributed by atoms with Gasteiger partial charge < -0.3 is 9.73 Å². The SMILES string of the molecule is C[C@@H](NC(=O)CSc1nnc(-c2cccnc2)o1)c1ccc2c(c1)CCCC2. The lowest BCUT2D eigenvalue weighted by Gasteiger charge is -2.20. The van der Waals surface area contributed by atoms with Crippen molar-refractivity contribution in [3.8, 4) is 11.5 Å². The first-order valence-electron chi connectivity index (χ1n) is 9.47. The van der Waals surface area contributed by atoms with Gasteiger partial charge in [-0.25, -0.2) is 0 Å². The summed E-state index contributed by atoms with van der Waals surface area (Å²) in [6.45, 7) is 2.01. The maximum atomic E-state index is 12.3. The summed E-state index contributed by atoms with van der Waals surface area (Å²) in [7, 11) is 0. The number of hydrogen-bond donors (Lipinski definition) is 1. The van der Waals surface area contributed by atoms with Crippen LogP contribution in [0.5, 0.6) is 0 Å². The fraction of sp³-hybridized carbons (Fsp3) is 0.333. The number of hydrogen-bond acceptors (Lipinski definition) is 6. The van der Waals surface area contributed by atoms with E-state index in [1.807, 2.05) is 19.1 Å². The average Bonchev–Trinajstić information content (AvgIpc) is 3.22. The first kappa shape index (κ1) is 18.7. The Balaban J connectivity index is 1.31. The molecule has 0 saturated heterocycles. The molecule has 0 saturated carbocycles. The van der Waals surface area contributed by atoms with Crippen LogP contribution in [0.4, 0.5) is 0 Å². The lowest BCUT2D eigenvalue weighted by Crippen LogP contribution is -2.28. The number of carbonyl (C=O) groups excluding carboxylic acids is 1. The third kappa shape index (κ3) is 4.42. The topological polar surface area (TPSA) is 80.9 Å². The van der Waals surface area contributed by atoms with Gasteiger partial charge in [0.1, 0.15) is 0 Å². The van der Waals surface area contributed by atoms with Gasteiger partial charge in [-0.05, 0) is 61.4 Å². The molecule has 28 heavy (non-hydrogen) atoms. The fourth-order valence-electron chi connectivity index (χ4n) is 3.39. The highest BCUT2D eigenvalue weighted by atomic mass is 32.2. The summed E-state index contributed by atoms with van der Waals surface area (Å²) in [6, 6.07) is 10.2. The third-order valence-electron chi connectivity index (χ3n) is 4.89. The predicted molar refractivity (Wildman–Crippen MR) is 108 cm³/mol. The van der Waals surface area contributed by atoms with Crippen molar-refractivity contribution in [1.29, 1.82) is 0 Å². The second-order valence-corrected chi connectivity index (χ2v) is 7.85. The van der Waals surface area contributed by atoms with Crippen molar-refractivity contribution >= 4 is 17.7 Å². The summed E-state index contributed by atoms with van der Waals surface area (Å²) in [5.74, 6) is 0.569. The van der Waals surface area contributed by atoms with Gasteiger partial charge in [0.05, 0.1) is 17.4 Å². The molecule has 1 atom stereocenters. The number of nitrogens with zero attached hydrogens (tertiary/aromatic N) is 3. The van der Waals surface area contributed by atoms with E-state index in [2.05, 4.69) is 38.7 Å². The van der Waals surface area contributed by atoms with Crippen LogP contribution in [0.25, 0.3) is 11.5 Å². The monoisotopic (exact) mass is 394 g/mol. The number of aromatic nitrogens is 3. The van der Waals surface area contributed by atoms with E-state index in [1.54, 1.807) is 12.4 Å². The van der Waals surface area contributed by atoms with Gasteiger partial charge in [-0.3, -0.25) is 9.78 Å². The molecule has 7 heteroatoms. The van der Waals surface area contributed by atoms with Gasteiger partial charge in [0.2, 0.25) is 11.8 Å². The van der Waals surface area contributed by atoms with Crippen LogP contribution in [0.3, 0.4) is 0 Å². The number of carbonyl (C=O) groups is 1. The van der Waals surface area contributed by atoms with Crippen LogP contribution in [-0.4, -0.2) is 26.8 Å². The number of aryl methyl sites for hydroxylation is 2. The van der Waals surface area contributed by atoms with Crippen LogP contribution >= 0.6 is 11.8 Å². The molecule has 1 aliphatic carbocycles. The Hall–Kier alpha value is -2.67. The van der Waals surface area contributed by atoms with Crippen LogP contribution in [0, 0.1) is 0 Å². The van der Waals surface area contributed by atoms with Crippen molar-refractivity contribution in [1.82, 2.24) is 20.5 Å². The molecule has 1 amide bonds. The van der Waals surface area contributed by atoms with Crippen LogP contribution in [0.1, 0.15) is 42.5 Å². The molecule has 1 aromatic carbocycles. The summed E-state index contributed by atoms with van der Waals surface area (Å²) in [4.78, 5) is 16.4. The van der Waals surface area contributed by atoms with E-state index in [9.17, 15) is 4.79 Å². The van der Waals surface area contributed by atoms with Gasteiger partial charge >= 0.3 is 0 Å². The van der Waals surface area contributed by atoms with Crippen molar-refractivity contribution in [2.45, 2.75) is 43.9 Å². The summed E-state index contributed by atoms with van der Waals surface area (Å²) < 4.78 is 5.59. The number of thioether (sulfide) groups is 1. The Morgan fingerprint density at radius 3 is 2.89 bits per heavy atom. The number of fused-ring (bicyclic) bond motifs is 1. The first-order chi connectivity index (χ1) is 13.7.